The van der Waals surface area contributed by atoms with Crippen LogP contribution in [-0.4, -0.2) is 37.6 Å². The van der Waals surface area contributed by atoms with Crippen molar-refractivity contribution >= 4 is 5.97 Å². The molecule has 0 unspecified atom stereocenters. The summed E-state index contributed by atoms with van der Waals surface area (Å²) in [6, 6.07) is 0. The van der Waals surface area contributed by atoms with Gasteiger partial charge in [-0.3, -0.25) is 4.79 Å². The molecule has 0 atom stereocenters. The van der Waals surface area contributed by atoms with Crippen molar-refractivity contribution in [2.75, 3.05) is 26.7 Å². The highest BCUT2D eigenvalue weighted by atomic mass is 16.5. The summed E-state index contributed by atoms with van der Waals surface area (Å²) in [6.07, 6.45) is 35.8. The number of ether oxygens (including phenoxy) is 1. The summed E-state index contributed by atoms with van der Waals surface area (Å²) in [4.78, 5) is 14.4. The highest BCUT2D eigenvalue weighted by Gasteiger charge is 2.04. The number of unbranched alkanes of at least 4 members (excludes halogenated alkanes) is 23. The summed E-state index contributed by atoms with van der Waals surface area (Å²) in [5.74, 6) is 0.00652. The number of rotatable bonds is 31. The molecule has 0 N–H and O–H groups in total. The van der Waals surface area contributed by atoms with Crippen LogP contribution in [0.4, 0.5) is 0 Å². The Hall–Kier alpha value is -0.570. The summed E-state index contributed by atoms with van der Waals surface area (Å²) in [7, 11) is 2.20. The normalized spacial score (nSPS) is 11.5. The van der Waals surface area contributed by atoms with Crippen LogP contribution in [0.15, 0.2) is 0 Å². The molecule has 0 aromatic carbocycles. The number of esters is 1. The van der Waals surface area contributed by atoms with Gasteiger partial charge in [0.05, 0.1) is 6.61 Å². The van der Waals surface area contributed by atoms with Crippen LogP contribution in [0.5, 0.6) is 0 Å². The van der Waals surface area contributed by atoms with Gasteiger partial charge in [-0.15, -0.1) is 0 Å². The third-order valence-corrected chi connectivity index (χ3v) is 7.83. The number of nitrogens with zero attached hydrogens (tertiary/aromatic N) is 1. The zero-order valence-corrected chi connectivity index (χ0v) is 26.0. The van der Waals surface area contributed by atoms with Crippen LogP contribution < -0.4 is 0 Å². The Labute approximate surface area is 234 Å². The van der Waals surface area contributed by atoms with E-state index in [4.69, 9.17) is 4.74 Å². The molecule has 0 fully saturated rings. The van der Waals surface area contributed by atoms with Crippen LogP contribution in [0, 0.1) is 0 Å². The van der Waals surface area contributed by atoms with Crippen LogP contribution in [0.2, 0.25) is 0 Å². The van der Waals surface area contributed by atoms with E-state index in [1.807, 2.05) is 0 Å². The fourth-order valence-electron chi connectivity index (χ4n) is 5.21. The highest BCUT2D eigenvalue weighted by Crippen LogP contribution is 2.14. The first kappa shape index (κ1) is 36.4. The van der Waals surface area contributed by atoms with E-state index in [1.165, 1.54) is 161 Å². The van der Waals surface area contributed by atoms with E-state index >= 15 is 0 Å². The van der Waals surface area contributed by atoms with Gasteiger partial charge in [0.2, 0.25) is 0 Å². The second kappa shape index (κ2) is 31.6. The van der Waals surface area contributed by atoms with Gasteiger partial charge in [0.1, 0.15) is 0 Å². The molecule has 0 spiro atoms. The highest BCUT2D eigenvalue weighted by molar-refractivity contribution is 5.69. The van der Waals surface area contributed by atoms with Crippen molar-refractivity contribution < 1.29 is 9.53 Å². The van der Waals surface area contributed by atoms with E-state index in [0.717, 1.165) is 19.4 Å². The molecule has 0 aromatic rings. The summed E-state index contributed by atoms with van der Waals surface area (Å²) in [5.41, 5.74) is 0. The molecule has 0 bridgehead atoms. The number of hydrogen-bond acceptors (Lipinski definition) is 3. The van der Waals surface area contributed by atoms with E-state index < -0.39 is 0 Å². The molecule has 37 heavy (non-hydrogen) atoms. The Morgan fingerprint density at radius 2 is 0.784 bits per heavy atom. The molecule has 0 aliphatic carbocycles. The smallest absolute Gasteiger partial charge is 0.305 e. The van der Waals surface area contributed by atoms with E-state index in [-0.39, 0.29) is 5.97 Å². The molecule has 0 aliphatic heterocycles. The van der Waals surface area contributed by atoms with Crippen LogP contribution >= 0.6 is 0 Å². The van der Waals surface area contributed by atoms with Crippen molar-refractivity contribution in [3.8, 4) is 0 Å². The van der Waals surface area contributed by atoms with Gasteiger partial charge in [0.25, 0.3) is 0 Å². The van der Waals surface area contributed by atoms with Crippen molar-refractivity contribution in [3.63, 3.8) is 0 Å². The molecule has 222 valence electrons. The van der Waals surface area contributed by atoms with Crippen molar-refractivity contribution in [1.82, 2.24) is 4.90 Å². The van der Waals surface area contributed by atoms with Gasteiger partial charge < -0.3 is 9.64 Å². The van der Waals surface area contributed by atoms with Gasteiger partial charge in [-0.25, -0.2) is 0 Å². The minimum absolute atomic E-state index is 0.00652. The Morgan fingerprint density at radius 3 is 1.19 bits per heavy atom. The van der Waals surface area contributed by atoms with Crippen molar-refractivity contribution in [2.45, 2.75) is 187 Å². The first-order chi connectivity index (χ1) is 18.2. The predicted octanol–water partition coefficient (Wildman–Crippen LogP) is 11.0. The summed E-state index contributed by atoms with van der Waals surface area (Å²) >= 11 is 0. The molecule has 0 radical (unpaired) electrons. The first-order valence-corrected chi connectivity index (χ1v) is 17.0. The van der Waals surface area contributed by atoms with Crippen LogP contribution in [0.25, 0.3) is 0 Å². The molecular formula is C34H69NO2. The quantitative estimate of drug-likeness (QED) is 0.0668. The minimum atomic E-state index is 0.00652. The fraction of sp³-hybridized carbons (Fsp3) is 0.971. The van der Waals surface area contributed by atoms with Crippen molar-refractivity contribution in [2.24, 2.45) is 0 Å². The molecular weight excluding hydrogens is 454 g/mol. The van der Waals surface area contributed by atoms with Crippen LogP contribution in [0.3, 0.4) is 0 Å². The predicted molar refractivity (Wildman–Crippen MR) is 164 cm³/mol. The summed E-state index contributed by atoms with van der Waals surface area (Å²) in [5, 5.41) is 0. The maximum absolute atomic E-state index is 12.0. The standard InChI is InChI=1S/C34H69NO2/c1-4-6-8-10-12-14-16-17-18-19-20-21-23-25-27-30-34(36)37-33-29-32-35(3)31-28-26-24-22-15-13-11-9-7-5-2/h4-33H2,1-3H3. The Balaban J connectivity index is 3.26. The number of carbonyl (C=O) groups excluding carboxylic acids is 1. The Kier molecular flexibility index (Phi) is 31.2. The zero-order valence-electron chi connectivity index (χ0n) is 26.0. The van der Waals surface area contributed by atoms with Gasteiger partial charge in [-0.2, -0.15) is 0 Å². The summed E-state index contributed by atoms with van der Waals surface area (Å²) < 4.78 is 5.45. The molecule has 0 amide bonds. The fourth-order valence-corrected chi connectivity index (χ4v) is 5.21. The van der Waals surface area contributed by atoms with E-state index in [9.17, 15) is 4.79 Å². The average Bonchev–Trinajstić information content (AvgIpc) is 2.90. The van der Waals surface area contributed by atoms with Crippen LogP contribution in [0.1, 0.15) is 187 Å². The molecule has 0 saturated heterocycles. The maximum atomic E-state index is 12.0. The van der Waals surface area contributed by atoms with Crippen LogP contribution in [-0.2, 0) is 9.53 Å². The maximum Gasteiger partial charge on any atom is 0.305 e. The molecule has 3 heteroatoms. The zero-order chi connectivity index (χ0) is 27.1. The second-order valence-electron chi connectivity index (χ2n) is 11.8. The van der Waals surface area contributed by atoms with E-state index in [2.05, 4.69) is 25.8 Å². The lowest BCUT2D eigenvalue weighted by molar-refractivity contribution is -0.143. The van der Waals surface area contributed by atoms with Gasteiger partial charge in [0.15, 0.2) is 0 Å². The molecule has 0 rings (SSSR count). The lowest BCUT2D eigenvalue weighted by Crippen LogP contribution is -2.22. The molecule has 0 aromatic heterocycles. The first-order valence-electron chi connectivity index (χ1n) is 17.0. The molecule has 0 aliphatic rings. The summed E-state index contributed by atoms with van der Waals surface area (Å²) in [6.45, 7) is 7.36. The third kappa shape index (κ3) is 31.5. The topological polar surface area (TPSA) is 29.5 Å². The third-order valence-electron chi connectivity index (χ3n) is 7.83. The minimum Gasteiger partial charge on any atom is -0.466 e. The van der Waals surface area contributed by atoms with Gasteiger partial charge >= 0.3 is 5.97 Å². The van der Waals surface area contributed by atoms with Gasteiger partial charge in [-0.05, 0) is 32.9 Å². The molecule has 3 nitrogen and oxygen atoms in total. The molecule has 0 heterocycles. The van der Waals surface area contributed by atoms with Crippen molar-refractivity contribution in [1.29, 1.82) is 0 Å². The lowest BCUT2D eigenvalue weighted by atomic mass is 10.0. The van der Waals surface area contributed by atoms with E-state index in [1.54, 1.807) is 0 Å². The SMILES string of the molecule is CCCCCCCCCCCCCCCCCC(=O)OCCCN(C)CCCCCCCCCCCC. The number of carbonyl (C=O) groups is 1. The Morgan fingerprint density at radius 1 is 0.459 bits per heavy atom. The Bertz CT molecular complexity index is 440. The van der Waals surface area contributed by atoms with Gasteiger partial charge in [-0.1, -0.05) is 162 Å². The molecule has 0 saturated carbocycles. The average molecular weight is 524 g/mol. The lowest BCUT2D eigenvalue weighted by Gasteiger charge is -2.16. The monoisotopic (exact) mass is 524 g/mol. The second-order valence-corrected chi connectivity index (χ2v) is 11.8. The van der Waals surface area contributed by atoms with E-state index in [0.29, 0.717) is 13.0 Å². The largest absolute Gasteiger partial charge is 0.466 e. The van der Waals surface area contributed by atoms with Crippen molar-refractivity contribution in [3.05, 3.63) is 0 Å². The van der Waals surface area contributed by atoms with Gasteiger partial charge in [0, 0.05) is 13.0 Å². The number of hydrogen-bond donors (Lipinski definition) is 0.